The van der Waals surface area contributed by atoms with Crippen LogP contribution in [0, 0.1) is 6.92 Å². The topological polar surface area (TPSA) is 79.3 Å². The predicted octanol–water partition coefficient (Wildman–Crippen LogP) is 2.40. The molecule has 0 unspecified atom stereocenters. The lowest BCUT2D eigenvalue weighted by molar-refractivity contribution is 0.0690. The monoisotopic (exact) mass is 262 g/mol. The summed E-state index contributed by atoms with van der Waals surface area (Å²) in [7, 11) is 0. The summed E-state index contributed by atoms with van der Waals surface area (Å²) >= 11 is 1.36. The largest absolute Gasteiger partial charge is 0.477 e. The summed E-state index contributed by atoms with van der Waals surface area (Å²) in [5.74, 6) is -1.31. The molecule has 0 saturated carbocycles. The summed E-state index contributed by atoms with van der Waals surface area (Å²) in [6, 6.07) is 4.72. The number of hydrogen-bond donors (Lipinski definition) is 2. The maximum atomic E-state index is 11.9. The fourth-order valence-corrected chi connectivity index (χ4v) is 2.21. The number of anilines is 1. The second-order valence-electron chi connectivity index (χ2n) is 3.62. The molecule has 0 fully saturated rings. The van der Waals surface area contributed by atoms with Crippen molar-refractivity contribution in [1.29, 1.82) is 0 Å². The van der Waals surface area contributed by atoms with Crippen LogP contribution in [0.5, 0.6) is 0 Å². The van der Waals surface area contributed by atoms with E-state index in [0.29, 0.717) is 10.6 Å². The minimum absolute atomic E-state index is 0.0553. The first-order valence-electron chi connectivity index (χ1n) is 5.12. The van der Waals surface area contributed by atoms with Gasteiger partial charge in [-0.25, -0.2) is 9.78 Å². The van der Waals surface area contributed by atoms with Gasteiger partial charge in [0.05, 0.1) is 16.8 Å². The molecule has 18 heavy (non-hydrogen) atoms. The van der Waals surface area contributed by atoms with Gasteiger partial charge in [-0.3, -0.25) is 4.79 Å². The highest BCUT2D eigenvalue weighted by Crippen LogP contribution is 2.17. The molecule has 92 valence electrons. The average Bonchev–Trinajstić information content (AvgIpc) is 2.76. The van der Waals surface area contributed by atoms with Gasteiger partial charge in [0.1, 0.15) is 5.69 Å². The van der Waals surface area contributed by atoms with Gasteiger partial charge in [0.2, 0.25) is 0 Å². The number of carboxylic acid groups (broad SMARTS) is 1. The van der Waals surface area contributed by atoms with E-state index in [1.807, 2.05) is 18.4 Å². The van der Waals surface area contributed by atoms with Crippen molar-refractivity contribution in [3.63, 3.8) is 0 Å². The number of rotatable bonds is 3. The van der Waals surface area contributed by atoms with Crippen LogP contribution in [-0.4, -0.2) is 22.0 Å². The van der Waals surface area contributed by atoms with E-state index in [1.54, 1.807) is 0 Å². The van der Waals surface area contributed by atoms with Crippen molar-refractivity contribution in [1.82, 2.24) is 4.98 Å². The molecule has 0 radical (unpaired) electrons. The van der Waals surface area contributed by atoms with Crippen molar-refractivity contribution >= 4 is 28.9 Å². The van der Waals surface area contributed by atoms with Crippen molar-refractivity contribution in [2.45, 2.75) is 6.92 Å². The van der Waals surface area contributed by atoms with E-state index in [-0.39, 0.29) is 11.6 Å². The van der Waals surface area contributed by atoms with E-state index in [4.69, 9.17) is 5.11 Å². The van der Waals surface area contributed by atoms with Crippen LogP contribution in [0.15, 0.2) is 29.8 Å². The first-order valence-corrected chi connectivity index (χ1v) is 6.00. The standard InChI is InChI=1S/C12H10N2O3S/c1-7-4-5-18-10(7)11(15)14-8-2-3-9(12(16)17)13-6-8/h2-6H,1H3,(H,14,15)(H,16,17). The Morgan fingerprint density at radius 2 is 2.11 bits per heavy atom. The lowest BCUT2D eigenvalue weighted by Crippen LogP contribution is -2.12. The Bertz CT molecular complexity index is 590. The fourth-order valence-electron chi connectivity index (χ4n) is 1.39. The molecule has 2 N–H and O–H groups in total. The van der Waals surface area contributed by atoms with Crippen LogP contribution in [-0.2, 0) is 0 Å². The van der Waals surface area contributed by atoms with E-state index >= 15 is 0 Å². The lowest BCUT2D eigenvalue weighted by atomic mass is 10.2. The number of nitrogens with one attached hydrogen (secondary N) is 1. The van der Waals surface area contributed by atoms with E-state index < -0.39 is 5.97 Å². The van der Waals surface area contributed by atoms with Crippen molar-refractivity contribution in [3.05, 3.63) is 45.9 Å². The van der Waals surface area contributed by atoms with Crippen molar-refractivity contribution in [3.8, 4) is 0 Å². The summed E-state index contributed by atoms with van der Waals surface area (Å²) in [6.07, 6.45) is 1.32. The normalized spacial score (nSPS) is 10.1. The molecule has 0 aliphatic carbocycles. The molecule has 0 aliphatic rings. The number of carboxylic acids is 1. The predicted molar refractivity (Wildman–Crippen MR) is 68.2 cm³/mol. The molecule has 2 rings (SSSR count). The number of hydrogen-bond acceptors (Lipinski definition) is 4. The molecule has 5 nitrogen and oxygen atoms in total. The van der Waals surface area contributed by atoms with Crippen LogP contribution in [0.25, 0.3) is 0 Å². The summed E-state index contributed by atoms with van der Waals surface area (Å²) in [5.41, 5.74) is 1.32. The molecule has 1 amide bonds. The molecule has 2 aromatic rings. The molecule has 0 atom stereocenters. The number of carbonyl (C=O) groups is 2. The third-order valence-electron chi connectivity index (χ3n) is 2.31. The van der Waals surface area contributed by atoms with Gasteiger partial charge in [-0.05, 0) is 36.1 Å². The third kappa shape index (κ3) is 2.54. The number of amides is 1. The number of thiophene rings is 1. The van der Waals surface area contributed by atoms with Gasteiger partial charge in [0, 0.05) is 0 Å². The molecule has 0 bridgehead atoms. The summed E-state index contributed by atoms with van der Waals surface area (Å²) in [6.45, 7) is 1.86. The molecule has 6 heteroatoms. The molecule has 0 spiro atoms. The molecular weight excluding hydrogens is 252 g/mol. The van der Waals surface area contributed by atoms with Crippen molar-refractivity contribution in [2.75, 3.05) is 5.32 Å². The van der Waals surface area contributed by atoms with E-state index in [2.05, 4.69) is 10.3 Å². The highest BCUT2D eigenvalue weighted by atomic mass is 32.1. The van der Waals surface area contributed by atoms with Crippen molar-refractivity contribution in [2.24, 2.45) is 0 Å². The van der Waals surface area contributed by atoms with Crippen molar-refractivity contribution < 1.29 is 14.7 Å². The second kappa shape index (κ2) is 4.97. The zero-order valence-electron chi connectivity index (χ0n) is 9.51. The van der Waals surface area contributed by atoms with Gasteiger partial charge in [0.25, 0.3) is 5.91 Å². The van der Waals surface area contributed by atoms with Crippen LogP contribution in [0.1, 0.15) is 25.7 Å². The zero-order valence-corrected chi connectivity index (χ0v) is 10.3. The van der Waals surface area contributed by atoms with Gasteiger partial charge in [-0.15, -0.1) is 11.3 Å². The van der Waals surface area contributed by atoms with Crippen LogP contribution in [0.2, 0.25) is 0 Å². The van der Waals surface area contributed by atoms with Gasteiger partial charge >= 0.3 is 5.97 Å². The summed E-state index contributed by atoms with van der Waals surface area (Å²) in [5, 5.41) is 13.2. The van der Waals surface area contributed by atoms with Gasteiger partial charge in [-0.2, -0.15) is 0 Å². The minimum atomic E-state index is -1.10. The number of aromatic carboxylic acids is 1. The Kier molecular flexibility index (Phi) is 3.38. The molecule has 0 aromatic carbocycles. The van der Waals surface area contributed by atoms with E-state index in [1.165, 1.54) is 29.7 Å². The maximum absolute atomic E-state index is 11.9. The fraction of sp³-hybridized carbons (Fsp3) is 0.0833. The summed E-state index contributed by atoms with van der Waals surface area (Å²) in [4.78, 5) is 26.8. The minimum Gasteiger partial charge on any atom is -0.477 e. The first kappa shape index (κ1) is 12.3. The van der Waals surface area contributed by atoms with Crippen LogP contribution >= 0.6 is 11.3 Å². The lowest BCUT2D eigenvalue weighted by Gasteiger charge is -2.04. The molecule has 2 aromatic heterocycles. The molecule has 0 aliphatic heterocycles. The number of pyridine rings is 1. The Morgan fingerprint density at radius 3 is 2.61 bits per heavy atom. The molecular formula is C12H10N2O3S. The number of aromatic nitrogens is 1. The highest BCUT2D eigenvalue weighted by Gasteiger charge is 2.11. The third-order valence-corrected chi connectivity index (χ3v) is 3.32. The Morgan fingerprint density at radius 1 is 1.33 bits per heavy atom. The second-order valence-corrected chi connectivity index (χ2v) is 4.54. The number of carbonyl (C=O) groups excluding carboxylic acids is 1. The van der Waals surface area contributed by atoms with Gasteiger partial charge in [-0.1, -0.05) is 0 Å². The molecule has 2 heterocycles. The first-order chi connectivity index (χ1) is 8.58. The smallest absolute Gasteiger partial charge is 0.354 e. The van der Waals surface area contributed by atoms with Crippen LogP contribution in [0.3, 0.4) is 0 Å². The van der Waals surface area contributed by atoms with Gasteiger partial charge in [0.15, 0.2) is 0 Å². The highest BCUT2D eigenvalue weighted by molar-refractivity contribution is 7.12. The maximum Gasteiger partial charge on any atom is 0.354 e. The SMILES string of the molecule is Cc1ccsc1C(=O)Nc1ccc(C(=O)O)nc1. The Balaban J connectivity index is 2.13. The quantitative estimate of drug-likeness (QED) is 0.890. The van der Waals surface area contributed by atoms with E-state index in [9.17, 15) is 9.59 Å². The van der Waals surface area contributed by atoms with Crippen LogP contribution in [0.4, 0.5) is 5.69 Å². The Labute approximate surface area is 107 Å². The molecule has 0 saturated heterocycles. The average molecular weight is 262 g/mol. The van der Waals surface area contributed by atoms with Gasteiger partial charge < -0.3 is 10.4 Å². The summed E-state index contributed by atoms with van der Waals surface area (Å²) < 4.78 is 0. The Hall–Kier alpha value is -2.21. The van der Waals surface area contributed by atoms with E-state index in [0.717, 1.165) is 5.56 Å². The number of aryl methyl sites for hydroxylation is 1. The number of nitrogens with zero attached hydrogens (tertiary/aromatic N) is 1. The zero-order chi connectivity index (χ0) is 13.1. The van der Waals surface area contributed by atoms with Crippen LogP contribution < -0.4 is 5.32 Å².